The van der Waals surface area contributed by atoms with Crippen LogP contribution in [-0.4, -0.2) is 17.5 Å². The molecule has 1 aromatic carbocycles. The van der Waals surface area contributed by atoms with Gasteiger partial charge in [0.05, 0.1) is 0 Å². The fourth-order valence-electron chi connectivity index (χ4n) is 1.06. The third-order valence-corrected chi connectivity index (χ3v) is 2.37. The van der Waals surface area contributed by atoms with Crippen molar-refractivity contribution < 1.29 is 18.0 Å². The summed E-state index contributed by atoms with van der Waals surface area (Å²) < 4.78 is 36.3. The average molecular weight is 252 g/mol. The van der Waals surface area contributed by atoms with Crippen LogP contribution in [0, 0.1) is 6.92 Å². The van der Waals surface area contributed by atoms with Gasteiger partial charge in [0.25, 0.3) is 5.91 Å². The number of para-hydroxylation sites is 1. The van der Waals surface area contributed by atoms with Crippen molar-refractivity contribution in [3.8, 4) is 0 Å². The number of halogens is 4. The molecule has 0 heterocycles. The van der Waals surface area contributed by atoms with Crippen molar-refractivity contribution in [1.82, 2.24) is 0 Å². The van der Waals surface area contributed by atoms with Gasteiger partial charge in [0, 0.05) is 5.69 Å². The van der Waals surface area contributed by atoms with Crippen molar-refractivity contribution in [2.45, 2.75) is 18.5 Å². The number of rotatable bonds is 2. The molecule has 0 aliphatic heterocycles. The molecule has 1 aromatic rings. The van der Waals surface area contributed by atoms with Crippen LogP contribution in [0.4, 0.5) is 18.9 Å². The van der Waals surface area contributed by atoms with Crippen LogP contribution in [0.2, 0.25) is 0 Å². The summed E-state index contributed by atoms with van der Waals surface area (Å²) >= 11 is 4.97. The first kappa shape index (κ1) is 12.8. The van der Waals surface area contributed by atoms with Crippen LogP contribution >= 0.6 is 11.6 Å². The molecular formula is C10H9ClF3NO. The summed E-state index contributed by atoms with van der Waals surface area (Å²) in [6, 6.07) is 6.51. The molecule has 0 aromatic heterocycles. The summed E-state index contributed by atoms with van der Waals surface area (Å²) in [5.74, 6) is -1.27. The minimum absolute atomic E-state index is 0.322. The van der Waals surface area contributed by atoms with Crippen LogP contribution < -0.4 is 5.32 Å². The normalized spacial score (nSPS) is 13.3. The molecule has 88 valence electrons. The number of amides is 1. The fourth-order valence-corrected chi connectivity index (χ4v) is 1.11. The second-order valence-corrected chi connectivity index (χ2v) is 3.64. The number of carbonyl (C=O) groups is 1. The van der Waals surface area contributed by atoms with Gasteiger partial charge in [-0.25, -0.2) is 0 Å². The third-order valence-electron chi connectivity index (χ3n) is 1.92. The smallest absolute Gasteiger partial charge is 0.324 e. The number of carbonyl (C=O) groups excluding carboxylic acids is 1. The third kappa shape index (κ3) is 3.13. The first-order valence-electron chi connectivity index (χ1n) is 4.39. The number of alkyl halides is 4. The van der Waals surface area contributed by atoms with E-state index in [9.17, 15) is 18.0 Å². The summed E-state index contributed by atoms with van der Waals surface area (Å²) in [5.41, 5.74) is 0.990. The van der Waals surface area contributed by atoms with Gasteiger partial charge in [0.15, 0.2) is 0 Å². The maximum absolute atomic E-state index is 12.1. The van der Waals surface area contributed by atoms with Crippen molar-refractivity contribution in [2.75, 3.05) is 5.32 Å². The first-order valence-corrected chi connectivity index (χ1v) is 4.83. The van der Waals surface area contributed by atoms with E-state index in [4.69, 9.17) is 11.6 Å². The van der Waals surface area contributed by atoms with Crippen LogP contribution in [-0.2, 0) is 4.79 Å². The lowest BCUT2D eigenvalue weighted by Gasteiger charge is -2.14. The zero-order valence-electron chi connectivity index (χ0n) is 8.31. The van der Waals surface area contributed by atoms with E-state index in [1.54, 1.807) is 25.1 Å². The van der Waals surface area contributed by atoms with Crippen LogP contribution in [0.15, 0.2) is 24.3 Å². The molecule has 0 fully saturated rings. The van der Waals surface area contributed by atoms with E-state index in [1.165, 1.54) is 6.07 Å². The Morgan fingerprint density at radius 3 is 2.44 bits per heavy atom. The Morgan fingerprint density at radius 1 is 1.38 bits per heavy atom. The molecule has 1 N–H and O–H groups in total. The van der Waals surface area contributed by atoms with Crippen molar-refractivity contribution in [3.05, 3.63) is 29.8 Å². The van der Waals surface area contributed by atoms with Gasteiger partial charge in [-0.2, -0.15) is 13.2 Å². The number of hydrogen-bond donors (Lipinski definition) is 1. The van der Waals surface area contributed by atoms with Crippen LogP contribution in [0.5, 0.6) is 0 Å². The van der Waals surface area contributed by atoms with Gasteiger partial charge in [-0.05, 0) is 18.6 Å². The number of anilines is 1. The van der Waals surface area contributed by atoms with Gasteiger partial charge < -0.3 is 5.32 Å². The second-order valence-electron chi connectivity index (χ2n) is 3.21. The van der Waals surface area contributed by atoms with Crippen molar-refractivity contribution >= 4 is 23.2 Å². The first-order chi connectivity index (χ1) is 7.32. The van der Waals surface area contributed by atoms with Gasteiger partial charge in [-0.15, -0.1) is 11.6 Å². The molecule has 16 heavy (non-hydrogen) atoms. The van der Waals surface area contributed by atoms with Crippen LogP contribution in [0.1, 0.15) is 5.56 Å². The monoisotopic (exact) mass is 251 g/mol. The molecule has 0 radical (unpaired) electrons. The highest BCUT2D eigenvalue weighted by atomic mass is 35.5. The van der Waals surface area contributed by atoms with Gasteiger partial charge in [0.1, 0.15) is 0 Å². The fraction of sp³-hybridized carbons (Fsp3) is 0.300. The van der Waals surface area contributed by atoms with Gasteiger partial charge in [-0.3, -0.25) is 4.79 Å². The predicted molar refractivity (Wildman–Crippen MR) is 55.5 cm³/mol. The Labute approximate surface area is 95.4 Å². The van der Waals surface area contributed by atoms with E-state index in [-0.39, 0.29) is 0 Å². The Balaban J connectivity index is 2.76. The Hall–Kier alpha value is -1.23. The molecular weight excluding hydrogens is 243 g/mol. The molecule has 0 bridgehead atoms. The minimum atomic E-state index is -4.74. The van der Waals surface area contributed by atoms with E-state index in [1.807, 2.05) is 0 Å². The molecule has 1 amide bonds. The lowest BCUT2D eigenvalue weighted by molar-refractivity contribution is -0.147. The highest BCUT2D eigenvalue weighted by Crippen LogP contribution is 2.26. The highest BCUT2D eigenvalue weighted by Gasteiger charge is 2.43. The van der Waals surface area contributed by atoms with Gasteiger partial charge in [0.2, 0.25) is 5.38 Å². The topological polar surface area (TPSA) is 29.1 Å². The lowest BCUT2D eigenvalue weighted by atomic mass is 10.2. The van der Waals surface area contributed by atoms with Crippen molar-refractivity contribution in [3.63, 3.8) is 0 Å². The largest absolute Gasteiger partial charge is 0.413 e. The quantitative estimate of drug-likeness (QED) is 0.804. The number of benzene rings is 1. The standard InChI is InChI=1S/C10H9ClF3NO/c1-6-4-2-3-5-7(6)15-9(16)8(11)10(12,13)14/h2-5,8H,1H3,(H,15,16). The van der Waals surface area contributed by atoms with Crippen molar-refractivity contribution in [1.29, 1.82) is 0 Å². The number of aryl methyl sites for hydroxylation is 1. The van der Waals surface area contributed by atoms with Crippen molar-refractivity contribution in [2.24, 2.45) is 0 Å². The maximum Gasteiger partial charge on any atom is 0.413 e. The van der Waals surface area contributed by atoms with E-state index in [0.717, 1.165) is 0 Å². The molecule has 2 nitrogen and oxygen atoms in total. The molecule has 0 spiro atoms. The van der Waals surface area contributed by atoms with Gasteiger partial charge in [-0.1, -0.05) is 18.2 Å². The summed E-state index contributed by atoms with van der Waals surface area (Å²) in [5, 5.41) is -0.409. The van der Waals surface area contributed by atoms with E-state index in [0.29, 0.717) is 11.3 Å². The summed E-state index contributed by atoms with van der Waals surface area (Å²) in [6.45, 7) is 1.67. The zero-order valence-corrected chi connectivity index (χ0v) is 9.06. The van der Waals surface area contributed by atoms with E-state index in [2.05, 4.69) is 5.32 Å². The molecule has 6 heteroatoms. The minimum Gasteiger partial charge on any atom is -0.324 e. The number of nitrogens with one attached hydrogen (secondary N) is 1. The Kier molecular flexibility index (Phi) is 3.80. The Bertz CT molecular complexity index is 392. The Morgan fingerprint density at radius 2 is 1.94 bits per heavy atom. The summed E-state index contributed by atoms with van der Waals surface area (Å²) in [7, 11) is 0. The highest BCUT2D eigenvalue weighted by molar-refractivity contribution is 6.33. The molecule has 1 atom stereocenters. The number of hydrogen-bond acceptors (Lipinski definition) is 1. The SMILES string of the molecule is Cc1ccccc1NC(=O)C(Cl)C(F)(F)F. The van der Waals surface area contributed by atoms with E-state index < -0.39 is 17.5 Å². The summed E-state index contributed by atoms with van der Waals surface area (Å²) in [4.78, 5) is 11.1. The molecule has 0 saturated carbocycles. The second kappa shape index (κ2) is 4.74. The molecule has 1 unspecified atom stereocenters. The molecule has 0 aliphatic carbocycles. The molecule has 1 rings (SSSR count). The average Bonchev–Trinajstić information content (AvgIpc) is 2.19. The van der Waals surface area contributed by atoms with Gasteiger partial charge >= 0.3 is 6.18 Å². The lowest BCUT2D eigenvalue weighted by Crippen LogP contribution is -2.36. The molecule has 0 aliphatic rings. The predicted octanol–water partition coefficient (Wildman–Crippen LogP) is 3.10. The van der Waals surface area contributed by atoms with Crippen LogP contribution in [0.3, 0.4) is 0 Å². The summed E-state index contributed by atoms with van der Waals surface area (Å²) in [6.07, 6.45) is -4.74. The molecule has 0 saturated heterocycles. The zero-order chi connectivity index (χ0) is 12.3. The van der Waals surface area contributed by atoms with Crippen LogP contribution in [0.25, 0.3) is 0 Å². The maximum atomic E-state index is 12.1. The van der Waals surface area contributed by atoms with E-state index >= 15 is 0 Å².